The van der Waals surface area contributed by atoms with Gasteiger partial charge < -0.3 is 5.73 Å². The Labute approximate surface area is 112 Å². The number of nitrogens with zero attached hydrogens (tertiary/aromatic N) is 1. The molecule has 1 aromatic heterocycles. The van der Waals surface area contributed by atoms with Gasteiger partial charge in [0.2, 0.25) is 0 Å². The topological polar surface area (TPSA) is 38.9 Å². The van der Waals surface area contributed by atoms with Crippen molar-refractivity contribution >= 4 is 33.4 Å². The van der Waals surface area contributed by atoms with E-state index in [1.165, 1.54) is 12.3 Å². The fraction of sp³-hybridized carbons (Fsp3) is 0.0833. The van der Waals surface area contributed by atoms with Crippen LogP contribution >= 0.6 is 27.7 Å². The van der Waals surface area contributed by atoms with Crippen LogP contribution in [0.4, 0.5) is 10.1 Å². The summed E-state index contributed by atoms with van der Waals surface area (Å²) in [5.41, 5.74) is 7.44. The Morgan fingerprint density at radius 1 is 1.29 bits per heavy atom. The molecule has 2 nitrogen and oxygen atoms in total. The van der Waals surface area contributed by atoms with Gasteiger partial charge in [-0.15, -0.1) is 11.8 Å². The summed E-state index contributed by atoms with van der Waals surface area (Å²) in [7, 11) is 0. The predicted molar refractivity (Wildman–Crippen MR) is 72.3 cm³/mol. The van der Waals surface area contributed by atoms with E-state index in [-0.39, 0.29) is 5.82 Å². The lowest BCUT2D eigenvalue weighted by atomic mass is 10.3. The number of hydrogen-bond donors (Lipinski definition) is 1. The molecule has 0 spiro atoms. The largest absolute Gasteiger partial charge is 0.398 e. The van der Waals surface area contributed by atoms with E-state index in [0.29, 0.717) is 11.4 Å². The van der Waals surface area contributed by atoms with Gasteiger partial charge in [-0.3, -0.25) is 4.98 Å². The molecule has 0 bridgehead atoms. The van der Waals surface area contributed by atoms with Crippen molar-refractivity contribution < 1.29 is 4.39 Å². The SMILES string of the molecule is Nc1cc(Br)ccc1SCc1cncc(F)c1. The van der Waals surface area contributed by atoms with Crippen LogP contribution in [0.25, 0.3) is 0 Å². The van der Waals surface area contributed by atoms with Gasteiger partial charge in [0.1, 0.15) is 5.82 Å². The molecular weight excluding hydrogens is 303 g/mol. The first kappa shape index (κ1) is 12.4. The van der Waals surface area contributed by atoms with Gasteiger partial charge in [-0.25, -0.2) is 4.39 Å². The molecule has 0 radical (unpaired) electrons. The Bertz CT molecular complexity index is 534. The third-order valence-electron chi connectivity index (χ3n) is 2.13. The molecule has 0 aliphatic heterocycles. The van der Waals surface area contributed by atoms with E-state index >= 15 is 0 Å². The average Bonchev–Trinajstić information content (AvgIpc) is 2.28. The minimum atomic E-state index is -0.313. The van der Waals surface area contributed by atoms with Gasteiger partial charge >= 0.3 is 0 Å². The molecule has 2 N–H and O–H groups in total. The summed E-state index contributed by atoms with van der Waals surface area (Å²) in [4.78, 5) is 4.79. The predicted octanol–water partition coefficient (Wildman–Crippen LogP) is 3.86. The van der Waals surface area contributed by atoms with Crippen LogP contribution in [0.3, 0.4) is 0 Å². The number of thioether (sulfide) groups is 1. The fourth-order valence-electron chi connectivity index (χ4n) is 1.35. The Hall–Kier alpha value is -1.07. The molecule has 88 valence electrons. The third-order valence-corrected chi connectivity index (χ3v) is 3.78. The second-order valence-electron chi connectivity index (χ2n) is 3.48. The molecule has 2 aromatic rings. The number of rotatable bonds is 3. The number of aromatic nitrogens is 1. The molecule has 0 saturated carbocycles. The van der Waals surface area contributed by atoms with Gasteiger partial charge in [-0.2, -0.15) is 0 Å². The van der Waals surface area contributed by atoms with Crippen LogP contribution in [-0.2, 0) is 5.75 Å². The highest BCUT2D eigenvalue weighted by atomic mass is 79.9. The quantitative estimate of drug-likeness (QED) is 0.691. The zero-order chi connectivity index (χ0) is 12.3. The molecule has 1 heterocycles. The molecule has 17 heavy (non-hydrogen) atoms. The molecule has 5 heteroatoms. The fourth-order valence-corrected chi connectivity index (χ4v) is 2.60. The summed E-state index contributed by atoms with van der Waals surface area (Å²) < 4.78 is 13.9. The zero-order valence-electron chi connectivity index (χ0n) is 8.86. The number of hydrogen-bond acceptors (Lipinski definition) is 3. The van der Waals surface area contributed by atoms with Gasteiger partial charge in [0.25, 0.3) is 0 Å². The smallest absolute Gasteiger partial charge is 0.141 e. The number of pyridine rings is 1. The van der Waals surface area contributed by atoms with Crippen LogP contribution in [0.5, 0.6) is 0 Å². The summed E-state index contributed by atoms with van der Waals surface area (Å²) in [6.45, 7) is 0. The van der Waals surface area contributed by atoms with E-state index in [4.69, 9.17) is 5.73 Å². The van der Waals surface area contributed by atoms with Crippen molar-refractivity contribution in [3.05, 3.63) is 52.5 Å². The van der Waals surface area contributed by atoms with Crippen molar-refractivity contribution in [2.45, 2.75) is 10.6 Å². The molecule has 0 unspecified atom stereocenters. The first-order chi connectivity index (χ1) is 8.15. The molecule has 2 rings (SSSR count). The van der Waals surface area contributed by atoms with Crippen LogP contribution in [0.2, 0.25) is 0 Å². The van der Waals surface area contributed by atoms with Crippen molar-refractivity contribution in [1.29, 1.82) is 0 Å². The van der Waals surface area contributed by atoms with E-state index in [9.17, 15) is 4.39 Å². The number of nitrogen functional groups attached to an aromatic ring is 1. The van der Waals surface area contributed by atoms with Crippen molar-refractivity contribution in [2.75, 3.05) is 5.73 Å². The minimum absolute atomic E-state index is 0.313. The highest BCUT2D eigenvalue weighted by Gasteiger charge is 2.02. The second kappa shape index (κ2) is 5.51. The van der Waals surface area contributed by atoms with Gasteiger partial charge in [0.15, 0.2) is 0 Å². The summed E-state index contributed by atoms with van der Waals surface area (Å²) in [5, 5.41) is 0. The van der Waals surface area contributed by atoms with Crippen LogP contribution in [-0.4, -0.2) is 4.98 Å². The van der Waals surface area contributed by atoms with Crippen LogP contribution < -0.4 is 5.73 Å². The first-order valence-corrected chi connectivity index (χ1v) is 6.70. The number of anilines is 1. The molecular formula is C12H10BrFN2S. The second-order valence-corrected chi connectivity index (χ2v) is 5.42. The Morgan fingerprint density at radius 2 is 2.12 bits per heavy atom. The molecule has 0 atom stereocenters. The lowest BCUT2D eigenvalue weighted by Crippen LogP contribution is -1.90. The lowest BCUT2D eigenvalue weighted by Gasteiger charge is -2.05. The maximum Gasteiger partial charge on any atom is 0.141 e. The molecule has 1 aromatic carbocycles. The Kier molecular flexibility index (Phi) is 4.02. The highest BCUT2D eigenvalue weighted by Crippen LogP contribution is 2.30. The summed E-state index contributed by atoms with van der Waals surface area (Å²) in [6, 6.07) is 7.21. The minimum Gasteiger partial charge on any atom is -0.398 e. The molecule has 0 fully saturated rings. The molecule has 0 saturated heterocycles. The van der Waals surface area contributed by atoms with Crippen molar-refractivity contribution in [3.63, 3.8) is 0 Å². The maximum absolute atomic E-state index is 12.9. The van der Waals surface area contributed by atoms with Crippen molar-refractivity contribution in [1.82, 2.24) is 4.98 Å². The van der Waals surface area contributed by atoms with Crippen LogP contribution in [0.1, 0.15) is 5.56 Å². The molecule has 0 aliphatic carbocycles. The summed E-state index contributed by atoms with van der Waals surface area (Å²) >= 11 is 4.92. The van der Waals surface area contributed by atoms with Gasteiger partial charge in [0.05, 0.1) is 6.20 Å². The monoisotopic (exact) mass is 312 g/mol. The number of halogens is 2. The van der Waals surface area contributed by atoms with E-state index in [1.54, 1.807) is 18.0 Å². The van der Waals surface area contributed by atoms with E-state index < -0.39 is 0 Å². The van der Waals surface area contributed by atoms with Gasteiger partial charge in [-0.05, 0) is 29.8 Å². The first-order valence-electron chi connectivity index (χ1n) is 4.92. The third kappa shape index (κ3) is 3.44. The highest BCUT2D eigenvalue weighted by molar-refractivity contribution is 9.10. The molecule has 0 amide bonds. The van der Waals surface area contributed by atoms with E-state index in [0.717, 1.165) is 14.9 Å². The standard InChI is InChI=1S/C12H10BrFN2S/c13-9-1-2-12(11(15)4-9)17-7-8-3-10(14)6-16-5-8/h1-6H,7,15H2. The summed E-state index contributed by atoms with van der Waals surface area (Å²) in [6.07, 6.45) is 2.85. The summed E-state index contributed by atoms with van der Waals surface area (Å²) in [5.74, 6) is 0.336. The molecule has 0 aliphatic rings. The average molecular weight is 313 g/mol. The van der Waals surface area contributed by atoms with Crippen molar-refractivity contribution in [3.8, 4) is 0 Å². The van der Waals surface area contributed by atoms with Gasteiger partial charge in [-0.1, -0.05) is 15.9 Å². The maximum atomic E-state index is 12.9. The van der Waals surface area contributed by atoms with E-state index in [1.807, 2.05) is 18.2 Å². The van der Waals surface area contributed by atoms with Crippen LogP contribution in [0.15, 0.2) is 46.0 Å². The number of nitrogens with two attached hydrogens (primary N) is 1. The zero-order valence-corrected chi connectivity index (χ0v) is 11.3. The van der Waals surface area contributed by atoms with Crippen LogP contribution in [0, 0.1) is 5.82 Å². The van der Waals surface area contributed by atoms with Crippen molar-refractivity contribution in [2.24, 2.45) is 0 Å². The normalized spacial score (nSPS) is 10.5. The Morgan fingerprint density at radius 3 is 2.82 bits per heavy atom. The Balaban J connectivity index is 2.07. The van der Waals surface area contributed by atoms with E-state index in [2.05, 4.69) is 20.9 Å². The number of benzene rings is 1. The van der Waals surface area contributed by atoms with Gasteiger partial charge in [0, 0.05) is 27.0 Å². The lowest BCUT2D eigenvalue weighted by molar-refractivity contribution is 0.619.